The van der Waals surface area contributed by atoms with E-state index in [-0.39, 0.29) is 0 Å². The van der Waals surface area contributed by atoms with Crippen molar-refractivity contribution in [1.82, 2.24) is 0 Å². The van der Waals surface area contributed by atoms with E-state index in [9.17, 15) is 0 Å². The number of hydrogen-bond donors (Lipinski definition) is 0. The number of benzene rings is 1. The summed E-state index contributed by atoms with van der Waals surface area (Å²) >= 11 is 0. The van der Waals surface area contributed by atoms with Gasteiger partial charge in [0.2, 0.25) is 0 Å². The maximum Gasteiger partial charge on any atom is 0.119 e. The van der Waals surface area contributed by atoms with E-state index in [2.05, 4.69) is 38.1 Å². The molecule has 1 heteroatoms. The maximum absolute atomic E-state index is 5.98. The van der Waals surface area contributed by atoms with Crippen molar-refractivity contribution >= 4 is 0 Å². The van der Waals surface area contributed by atoms with Gasteiger partial charge in [-0.2, -0.15) is 0 Å². The van der Waals surface area contributed by atoms with Crippen molar-refractivity contribution in [2.24, 2.45) is 11.8 Å². The van der Waals surface area contributed by atoms with E-state index in [1.165, 1.54) is 102 Å². The topological polar surface area (TPSA) is 9.23 Å². The van der Waals surface area contributed by atoms with Gasteiger partial charge in [-0.25, -0.2) is 0 Å². The van der Waals surface area contributed by atoms with E-state index in [1.54, 1.807) is 0 Å². The van der Waals surface area contributed by atoms with Crippen LogP contribution in [0.15, 0.2) is 24.3 Å². The third-order valence-electron chi connectivity index (χ3n) is 6.45. The fourth-order valence-electron chi connectivity index (χ4n) is 4.56. The molecular weight excluding hydrogens is 328 g/mol. The Morgan fingerprint density at radius 1 is 0.704 bits per heavy atom. The normalized spacial score (nSPS) is 19.9. The molecule has 27 heavy (non-hydrogen) atoms. The number of unbranched alkanes of at least 4 members (excludes halogenated alkanes) is 5. The molecule has 0 spiro atoms. The molecule has 1 aliphatic carbocycles. The van der Waals surface area contributed by atoms with Crippen molar-refractivity contribution in [3.63, 3.8) is 0 Å². The summed E-state index contributed by atoms with van der Waals surface area (Å²) in [5.74, 6) is 3.04. The van der Waals surface area contributed by atoms with Crippen molar-refractivity contribution in [2.45, 2.75) is 110 Å². The first-order chi connectivity index (χ1) is 13.3. The van der Waals surface area contributed by atoms with Gasteiger partial charge in [0.15, 0.2) is 0 Å². The Bertz CT molecular complexity index is 456. The highest BCUT2D eigenvalue weighted by Gasteiger charge is 2.20. The van der Waals surface area contributed by atoms with E-state index in [0.717, 1.165) is 24.2 Å². The molecule has 0 N–H and O–H groups in total. The zero-order chi connectivity index (χ0) is 19.2. The third kappa shape index (κ3) is 9.67. The van der Waals surface area contributed by atoms with Crippen LogP contribution in [0.5, 0.6) is 5.75 Å². The summed E-state index contributed by atoms with van der Waals surface area (Å²) in [6.45, 7) is 5.46. The highest BCUT2D eigenvalue weighted by Crippen LogP contribution is 2.34. The van der Waals surface area contributed by atoms with E-state index < -0.39 is 0 Å². The SMILES string of the molecule is CCCCCCc1ccc(OCCC[C@H]2CC[C@H](CCCCC)CC2)cc1. The van der Waals surface area contributed by atoms with Gasteiger partial charge < -0.3 is 4.74 Å². The van der Waals surface area contributed by atoms with E-state index in [4.69, 9.17) is 4.74 Å². The Morgan fingerprint density at radius 2 is 1.30 bits per heavy atom. The molecule has 0 amide bonds. The standard InChI is InChI=1S/C26H44O/c1-3-5-7-9-12-24-18-20-26(21-19-24)27-22-10-13-25-16-14-23(15-17-25)11-8-6-4-2/h18-21,23,25H,3-17,22H2,1-2H3/t23-,25-. The molecule has 0 unspecified atom stereocenters. The molecule has 0 radical (unpaired) electrons. The van der Waals surface area contributed by atoms with Crippen LogP contribution in [0.1, 0.15) is 109 Å². The van der Waals surface area contributed by atoms with Crippen LogP contribution >= 0.6 is 0 Å². The summed E-state index contributed by atoms with van der Waals surface area (Å²) in [7, 11) is 0. The van der Waals surface area contributed by atoms with Crippen molar-refractivity contribution in [2.75, 3.05) is 6.61 Å². The predicted octanol–water partition coefficient (Wildman–Crippen LogP) is 8.36. The number of hydrogen-bond acceptors (Lipinski definition) is 1. The quantitative estimate of drug-likeness (QED) is 0.298. The number of rotatable bonds is 14. The van der Waals surface area contributed by atoms with Crippen LogP contribution in [0, 0.1) is 11.8 Å². The molecule has 1 nitrogen and oxygen atoms in total. The van der Waals surface area contributed by atoms with Gasteiger partial charge in [-0.15, -0.1) is 0 Å². The predicted molar refractivity (Wildman–Crippen MR) is 119 cm³/mol. The van der Waals surface area contributed by atoms with Crippen LogP contribution in [0.2, 0.25) is 0 Å². The third-order valence-corrected chi connectivity index (χ3v) is 6.45. The molecule has 0 atom stereocenters. The van der Waals surface area contributed by atoms with E-state index in [0.29, 0.717) is 0 Å². The lowest BCUT2D eigenvalue weighted by molar-refractivity contribution is 0.228. The van der Waals surface area contributed by atoms with Crippen LogP contribution in [0.25, 0.3) is 0 Å². The highest BCUT2D eigenvalue weighted by atomic mass is 16.5. The minimum absolute atomic E-state index is 0.881. The number of ether oxygens (including phenoxy) is 1. The van der Waals surface area contributed by atoms with Crippen molar-refractivity contribution in [1.29, 1.82) is 0 Å². The lowest BCUT2D eigenvalue weighted by Crippen LogP contribution is -2.15. The van der Waals surface area contributed by atoms with Crippen LogP contribution in [0.3, 0.4) is 0 Å². The molecule has 0 bridgehead atoms. The Labute approximate surface area is 169 Å². The van der Waals surface area contributed by atoms with Gasteiger partial charge in [0.25, 0.3) is 0 Å². The fraction of sp³-hybridized carbons (Fsp3) is 0.769. The molecule has 1 aromatic carbocycles. The smallest absolute Gasteiger partial charge is 0.119 e. The highest BCUT2D eigenvalue weighted by molar-refractivity contribution is 5.27. The molecule has 0 aromatic heterocycles. The largest absolute Gasteiger partial charge is 0.494 e. The molecule has 1 aliphatic rings. The van der Waals surface area contributed by atoms with Crippen LogP contribution in [0.4, 0.5) is 0 Å². The summed E-state index contributed by atoms with van der Waals surface area (Å²) in [4.78, 5) is 0. The van der Waals surface area contributed by atoms with Crippen LogP contribution < -0.4 is 4.74 Å². The second-order valence-corrected chi connectivity index (χ2v) is 8.83. The molecular formula is C26H44O. The Balaban J connectivity index is 1.51. The lowest BCUT2D eigenvalue weighted by atomic mass is 9.78. The van der Waals surface area contributed by atoms with Crippen LogP contribution in [-0.2, 0) is 6.42 Å². The second kappa shape index (κ2) is 14.1. The maximum atomic E-state index is 5.98. The summed E-state index contributed by atoms with van der Waals surface area (Å²) in [5, 5.41) is 0. The zero-order valence-electron chi connectivity index (χ0n) is 18.2. The average Bonchev–Trinajstić information content (AvgIpc) is 2.71. The molecule has 154 valence electrons. The first-order valence-electron chi connectivity index (χ1n) is 12.0. The zero-order valence-corrected chi connectivity index (χ0v) is 18.2. The van der Waals surface area contributed by atoms with Gasteiger partial charge >= 0.3 is 0 Å². The number of aryl methyl sites for hydroxylation is 1. The van der Waals surface area contributed by atoms with Crippen molar-refractivity contribution in [3.05, 3.63) is 29.8 Å². The molecule has 0 aliphatic heterocycles. The molecule has 0 heterocycles. The summed E-state index contributed by atoms with van der Waals surface area (Å²) in [6, 6.07) is 8.83. The molecule has 2 rings (SSSR count). The molecule has 1 aromatic rings. The fourth-order valence-corrected chi connectivity index (χ4v) is 4.56. The van der Waals surface area contributed by atoms with Gasteiger partial charge in [0.05, 0.1) is 6.61 Å². The second-order valence-electron chi connectivity index (χ2n) is 8.83. The van der Waals surface area contributed by atoms with Crippen molar-refractivity contribution < 1.29 is 4.74 Å². The summed E-state index contributed by atoms with van der Waals surface area (Å²) < 4.78 is 5.98. The lowest BCUT2D eigenvalue weighted by Gasteiger charge is -2.28. The first-order valence-corrected chi connectivity index (χ1v) is 12.0. The van der Waals surface area contributed by atoms with Crippen molar-refractivity contribution in [3.8, 4) is 5.75 Å². The molecule has 1 fully saturated rings. The average molecular weight is 373 g/mol. The molecule has 1 saturated carbocycles. The first kappa shape index (κ1) is 22.3. The monoisotopic (exact) mass is 372 g/mol. The van der Waals surface area contributed by atoms with Gasteiger partial charge in [0.1, 0.15) is 5.75 Å². The summed E-state index contributed by atoms with van der Waals surface area (Å²) in [6.07, 6.45) is 20.7. The van der Waals surface area contributed by atoms with Gasteiger partial charge in [-0.05, 0) is 55.2 Å². The van der Waals surface area contributed by atoms with Gasteiger partial charge in [0, 0.05) is 0 Å². The Morgan fingerprint density at radius 3 is 1.93 bits per heavy atom. The Kier molecular flexibility index (Phi) is 11.6. The molecule has 0 saturated heterocycles. The minimum Gasteiger partial charge on any atom is -0.494 e. The van der Waals surface area contributed by atoms with Crippen LogP contribution in [-0.4, -0.2) is 6.61 Å². The van der Waals surface area contributed by atoms with E-state index >= 15 is 0 Å². The Hall–Kier alpha value is -0.980. The van der Waals surface area contributed by atoms with Gasteiger partial charge in [-0.3, -0.25) is 0 Å². The van der Waals surface area contributed by atoms with E-state index in [1.807, 2.05) is 0 Å². The minimum atomic E-state index is 0.881. The van der Waals surface area contributed by atoms with Gasteiger partial charge in [-0.1, -0.05) is 96.6 Å². The summed E-state index contributed by atoms with van der Waals surface area (Å²) in [5.41, 5.74) is 1.45.